The number of amidine groups is 1. The van der Waals surface area contributed by atoms with Crippen molar-refractivity contribution in [2.75, 3.05) is 22.3 Å². The maximum absolute atomic E-state index is 11.9. The molecule has 0 aliphatic carbocycles. The number of halogens is 2. The number of aliphatic imine (C=N–C) groups is 1. The molecule has 0 saturated carbocycles. The van der Waals surface area contributed by atoms with E-state index in [-0.39, 0.29) is 28.7 Å². The molecule has 0 spiro atoms. The third kappa shape index (κ3) is 3.29. The third-order valence-corrected chi connectivity index (χ3v) is 7.60. The van der Waals surface area contributed by atoms with Gasteiger partial charge in [-0.05, 0) is 40.8 Å². The van der Waals surface area contributed by atoms with Crippen LogP contribution in [0.2, 0.25) is 0 Å². The number of hydrogen-bond donors (Lipinski definition) is 0. The smallest absolute Gasteiger partial charge is 0.262 e. The molecular formula is C13H12ClIN2O3S2. The van der Waals surface area contributed by atoms with Crippen LogP contribution < -0.4 is 4.90 Å². The zero-order valence-corrected chi connectivity index (χ0v) is 15.8. The highest BCUT2D eigenvalue weighted by Crippen LogP contribution is 2.41. The van der Waals surface area contributed by atoms with E-state index in [1.54, 1.807) is 0 Å². The van der Waals surface area contributed by atoms with Crippen LogP contribution in [0.1, 0.15) is 0 Å². The van der Waals surface area contributed by atoms with Crippen molar-refractivity contribution in [2.45, 2.75) is 11.3 Å². The molecule has 2 atom stereocenters. The van der Waals surface area contributed by atoms with E-state index in [9.17, 15) is 13.2 Å². The fourth-order valence-electron chi connectivity index (χ4n) is 2.63. The molecule has 1 amide bonds. The van der Waals surface area contributed by atoms with E-state index >= 15 is 0 Å². The average Bonchev–Trinajstić information content (AvgIpc) is 2.89. The van der Waals surface area contributed by atoms with Crippen molar-refractivity contribution in [1.82, 2.24) is 0 Å². The molecule has 0 radical (unpaired) electrons. The minimum Gasteiger partial charge on any atom is -0.316 e. The normalized spacial score (nSPS) is 28.1. The summed E-state index contributed by atoms with van der Waals surface area (Å²) in [6.45, 7) is 0. The van der Waals surface area contributed by atoms with E-state index in [4.69, 9.17) is 11.6 Å². The van der Waals surface area contributed by atoms with Crippen molar-refractivity contribution in [3.8, 4) is 0 Å². The first kappa shape index (κ1) is 16.5. The molecule has 2 saturated heterocycles. The number of hydrogen-bond acceptors (Lipinski definition) is 4. The van der Waals surface area contributed by atoms with Gasteiger partial charge in [0.15, 0.2) is 15.0 Å². The van der Waals surface area contributed by atoms with Gasteiger partial charge in [-0.25, -0.2) is 8.42 Å². The van der Waals surface area contributed by atoms with Gasteiger partial charge in [-0.2, -0.15) is 4.99 Å². The predicted molar refractivity (Wildman–Crippen MR) is 98.6 cm³/mol. The average molecular weight is 471 g/mol. The minimum atomic E-state index is -3.04. The molecule has 0 N–H and O–H groups in total. The lowest BCUT2D eigenvalue weighted by Crippen LogP contribution is -2.37. The Morgan fingerprint density at radius 2 is 2.23 bits per heavy atom. The number of alkyl halides is 1. The zero-order valence-electron chi connectivity index (χ0n) is 11.3. The van der Waals surface area contributed by atoms with E-state index in [0.29, 0.717) is 5.17 Å². The molecule has 5 nitrogen and oxygen atoms in total. The number of sulfone groups is 1. The molecule has 2 fully saturated rings. The standard InChI is InChI=1S/C13H12ClIN2O3S2/c14-5-12(18)16-13-17(9-3-1-2-8(15)4-9)10-6-22(19,20)7-11(10)21-13/h1-4,10-11H,5-7H2/t10-,11-/m1/s1. The first-order chi connectivity index (χ1) is 10.4. The molecule has 1 aromatic rings. The van der Waals surface area contributed by atoms with Crippen molar-refractivity contribution in [3.05, 3.63) is 27.8 Å². The van der Waals surface area contributed by atoms with E-state index in [1.807, 2.05) is 29.2 Å². The number of carbonyl (C=O) groups excluding carboxylic acids is 1. The van der Waals surface area contributed by atoms with Gasteiger partial charge in [0.05, 0.1) is 17.5 Å². The molecule has 2 aliphatic heterocycles. The number of anilines is 1. The van der Waals surface area contributed by atoms with Gasteiger partial charge in [0.2, 0.25) is 0 Å². The van der Waals surface area contributed by atoms with Crippen LogP contribution in [0.3, 0.4) is 0 Å². The van der Waals surface area contributed by atoms with Crippen LogP contribution >= 0.6 is 46.0 Å². The number of rotatable bonds is 2. The highest BCUT2D eigenvalue weighted by atomic mass is 127. The predicted octanol–water partition coefficient (Wildman–Crippen LogP) is 2.13. The fraction of sp³-hybridized carbons (Fsp3) is 0.385. The molecule has 9 heteroatoms. The number of carbonyl (C=O) groups is 1. The lowest BCUT2D eigenvalue weighted by molar-refractivity contribution is -0.115. The number of amides is 1. The molecule has 0 bridgehead atoms. The van der Waals surface area contributed by atoms with Crippen molar-refractivity contribution < 1.29 is 13.2 Å². The summed E-state index contributed by atoms with van der Waals surface area (Å²) in [5, 5.41) is 0.447. The van der Waals surface area contributed by atoms with Crippen LogP contribution in [0.5, 0.6) is 0 Å². The van der Waals surface area contributed by atoms with Gasteiger partial charge < -0.3 is 4.90 Å². The van der Waals surface area contributed by atoms with Crippen LogP contribution in [-0.4, -0.2) is 48.2 Å². The molecule has 0 unspecified atom stereocenters. The Balaban J connectivity index is 2.03. The van der Waals surface area contributed by atoms with Gasteiger partial charge in [-0.15, -0.1) is 11.6 Å². The van der Waals surface area contributed by atoms with Gasteiger partial charge in [0, 0.05) is 14.5 Å². The van der Waals surface area contributed by atoms with Gasteiger partial charge in [0.25, 0.3) is 5.91 Å². The first-order valence-electron chi connectivity index (χ1n) is 6.49. The Morgan fingerprint density at radius 1 is 1.45 bits per heavy atom. The van der Waals surface area contributed by atoms with Crippen molar-refractivity contribution in [3.63, 3.8) is 0 Å². The first-order valence-corrected chi connectivity index (χ1v) is 10.8. The van der Waals surface area contributed by atoms with E-state index in [1.165, 1.54) is 11.8 Å². The molecule has 118 valence electrons. The second-order valence-electron chi connectivity index (χ2n) is 5.07. The van der Waals surface area contributed by atoms with Crippen LogP contribution in [0.4, 0.5) is 5.69 Å². The molecule has 0 aromatic heterocycles. The largest absolute Gasteiger partial charge is 0.316 e. The van der Waals surface area contributed by atoms with Crippen molar-refractivity contribution in [1.29, 1.82) is 0 Å². The van der Waals surface area contributed by atoms with E-state index in [2.05, 4.69) is 27.6 Å². The fourth-order valence-corrected chi connectivity index (χ4v) is 7.15. The highest BCUT2D eigenvalue weighted by molar-refractivity contribution is 14.1. The van der Waals surface area contributed by atoms with Crippen LogP contribution in [0, 0.1) is 3.57 Å². The maximum Gasteiger partial charge on any atom is 0.262 e. The van der Waals surface area contributed by atoms with Gasteiger partial charge in [-0.3, -0.25) is 4.79 Å². The Bertz CT molecular complexity index is 753. The number of thioether (sulfide) groups is 1. The Hall–Kier alpha value is -0.320. The van der Waals surface area contributed by atoms with E-state index < -0.39 is 15.7 Å². The molecule has 3 rings (SSSR count). The van der Waals surface area contributed by atoms with Crippen LogP contribution in [0.25, 0.3) is 0 Å². The molecular weight excluding hydrogens is 459 g/mol. The van der Waals surface area contributed by atoms with Crippen molar-refractivity contribution >= 4 is 72.6 Å². The second-order valence-corrected chi connectivity index (χ2v) is 9.95. The number of fused-ring (bicyclic) bond motifs is 1. The SMILES string of the molecule is O=C(CCl)N=C1S[C@@H]2CS(=O)(=O)C[C@H]2N1c1cccc(I)c1. The van der Waals surface area contributed by atoms with Crippen LogP contribution in [-0.2, 0) is 14.6 Å². The third-order valence-electron chi connectivity index (χ3n) is 3.49. The summed E-state index contributed by atoms with van der Waals surface area (Å²) >= 11 is 9.08. The lowest BCUT2D eigenvalue weighted by atomic mass is 10.2. The van der Waals surface area contributed by atoms with Gasteiger partial charge in [0.1, 0.15) is 5.88 Å². The number of nitrogens with zero attached hydrogens (tertiary/aromatic N) is 2. The minimum absolute atomic E-state index is 0.0875. The summed E-state index contributed by atoms with van der Waals surface area (Å²) in [7, 11) is -3.04. The number of benzene rings is 1. The topological polar surface area (TPSA) is 66.8 Å². The van der Waals surface area contributed by atoms with Gasteiger partial charge in [-0.1, -0.05) is 17.8 Å². The Labute approximate surface area is 151 Å². The van der Waals surface area contributed by atoms with Crippen LogP contribution in [0.15, 0.2) is 29.3 Å². The molecule has 1 aromatic carbocycles. The summed E-state index contributed by atoms with van der Waals surface area (Å²) in [6, 6.07) is 7.53. The second kappa shape index (κ2) is 6.29. The zero-order chi connectivity index (χ0) is 15.9. The summed E-state index contributed by atoms with van der Waals surface area (Å²) < 4.78 is 24.8. The Morgan fingerprint density at radius 3 is 2.91 bits per heavy atom. The summed E-state index contributed by atoms with van der Waals surface area (Å²) in [5.41, 5.74) is 0.852. The quantitative estimate of drug-likeness (QED) is 0.489. The Kier molecular flexibility index (Phi) is 4.73. The molecule has 2 aliphatic rings. The van der Waals surface area contributed by atoms with Crippen molar-refractivity contribution in [2.24, 2.45) is 4.99 Å². The molecule has 22 heavy (non-hydrogen) atoms. The summed E-state index contributed by atoms with van der Waals surface area (Å²) in [6.07, 6.45) is 0. The lowest BCUT2D eigenvalue weighted by Gasteiger charge is -2.24. The summed E-state index contributed by atoms with van der Waals surface area (Å²) in [4.78, 5) is 17.5. The van der Waals surface area contributed by atoms with Gasteiger partial charge >= 0.3 is 0 Å². The van der Waals surface area contributed by atoms with E-state index in [0.717, 1.165) is 9.26 Å². The maximum atomic E-state index is 11.9. The molecule has 2 heterocycles. The summed E-state index contributed by atoms with van der Waals surface area (Å²) in [5.74, 6) is -0.388. The monoisotopic (exact) mass is 470 g/mol. The highest BCUT2D eigenvalue weighted by Gasteiger charge is 2.49.